The molecule has 0 saturated heterocycles. The third-order valence-electron chi connectivity index (χ3n) is 10.6. The number of rotatable bonds is 4. The van der Waals surface area contributed by atoms with E-state index in [-0.39, 0.29) is 0 Å². The summed E-state index contributed by atoms with van der Waals surface area (Å²) in [6.45, 7) is 0. The van der Waals surface area contributed by atoms with E-state index in [4.69, 9.17) is 9.40 Å². The van der Waals surface area contributed by atoms with E-state index in [9.17, 15) is 5.26 Å². The zero-order valence-corrected chi connectivity index (χ0v) is 28.4. The fraction of sp³-hybridized carbons (Fsp3) is 0. The first-order valence-electron chi connectivity index (χ1n) is 17.7. The van der Waals surface area contributed by atoms with Gasteiger partial charge in [-0.15, -0.1) is 0 Å². The minimum Gasteiger partial charge on any atom is -0.455 e. The van der Waals surface area contributed by atoms with Crippen molar-refractivity contribution in [1.82, 2.24) is 14.1 Å². The molecule has 0 amide bonds. The first-order chi connectivity index (χ1) is 26.3. The van der Waals surface area contributed by atoms with Gasteiger partial charge in [0, 0.05) is 61.0 Å². The third-order valence-corrected chi connectivity index (χ3v) is 10.6. The van der Waals surface area contributed by atoms with Crippen LogP contribution in [0.15, 0.2) is 174 Å². The lowest BCUT2D eigenvalue weighted by Gasteiger charge is -2.11. The Balaban J connectivity index is 1.15. The first kappa shape index (κ1) is 29.3. The maximum Gasteiger partial charge on any atom is 0.144 e. The molecule has 5 heteroatoms. The van der Waals surface area contributed by atoms with Crippen LogP contribution in [-0.2, 0) is 0 Å². The molecule has 0 atom stereocenters. The second-order valence-electron chi connectivity index (χ2n) is 13.5. The lowest BCUT2D eigenvalue weighted by Crippen LogP contribution is -1.96. The molecule has 0 aliphatic rings. The Morgan fingerprint density at radius 2 is 1.11 bits per heavy atom. The molecule has 11 rings (SSSR count). The molecule has 0 radical (unpaired) electrons. The van der Waals surface area contributed by atoms with E-state index < -0.39 is 0 Å². The van der Waals surface area contributed by atoms with Crippen LogP contribution in [0.1, 0.15) is 5.56 Å². The van der Waals surface area contributed by atoms with Gasteiger partial charge in [-0.1, -0.05) is 97.1 Å². The molecule has 5 nitrogen and oxygen atoms in total. The summed E-state index contributed by atoms with van der Waals surface area (Å²) in [5.41, 5.74) is 12.2. The van der Waals surface area contributed by atoms with Crippen LogP contribution < -0.4 is 0 Å². The van der Waals surface area contributed by atoms with Gasteiger partial charge in [-0.2, -0.15) is 5.26 Å². The van der Waals surface area contributed by atoms with Gasteiger partial charge in [-0.25, -0.2) is 0 Å². The van der Waals surface area contributed by atoms with Crippen molar-refractivity contribution in [1.29, 1.82) is 5.26 Å². The molecule has 0 N–H and O–H groups in total. The number of hydrogen-bond acceptors (Lipinski definition) is 3. The van der Waals surface area contributed by atoms with Crippen molar-refractivity contribution in [3.63, 3.8) is 0 Å². The number of fused-ring (bicyclic) bond motifs is 9. The third kappa shape index (κ3) is 4.27. The van der Waals surface area contributed by atoms with Crippen LogP contribution in [0.4, 0.5) is 0 Å². The van der Waals surface area contributed by atoms with Gasteiger partial charge in [-0.05, 0) is 72.3 Å². The van der Waals surface area contributed by atoms with Gasteiger partial charge in [0.1, 0.15) is 11.2 Å². The van der Waals surface area contributed by atoms with E-state index >= 15 is 0 Å². The summed E-state index contributed by atoms with van der Waals surface area (Å²) in [6, 6.07) is 59.2. The minimum absolute atomic E-state index is 0.581. The van der Waals surface area contributed by atoms with E-state index in [1.54, 1.807) is 0 Å². The average molecular weight is 677 g/mol. The van der Waals surface area contributed by atoms with Gasteiger partial charge in [0.2, 0.25) is 0 Å². The molecule has 0 aliphatic heterocycles. The fourth-order valence-electron chi connectivity index (χ4n) is 8.29. The first-order valence-corrected chi connectivity index (χ1v) is 17.7. The number of furan rings is 1. The summed E-state index contributed by atoms with van der Waals surface area (Å²) >= 11 is 0. The SMILES string of the molecule is N#Cc1ccc2c(oc3c(-c4cc5c(cn4)c4ccccc4n5-c4ccc5c(c4)c4ccccc4n5-c4ccccc4)cccc32)c1-c1ccccc1. The highest BCUT2D eigenvalue weighted by atomic mass is 16.3. The van der Waals surface area contributed by atoms with E-state index in [1.807, 2.05) is 48.7 Å². The normalized spacial score (nSPS) is 11.8. The summed E-state index contributed by atoms with van der Waals surface area (Å²) < 4.78 is 11.5. The predicted molar refractivity (Wildman–Crippen MR) is 216 cm³/mol. The van der Waals surface area contributed by atoms with E-state index in [1.165, 1.54) is 16.3 Å². The summed E-state index contributed by atoms with van der Waals surface area (Å²) in [5.74, 6) is 0. The molecule has 0 bridgehead atoms. The number of para-hydroxylation sites is 4. The van der Waals surface area contributed by atoms with Crippen LogP contribution in [0.5, 0.6) is 0 Å². The maximum atomic E-state index is 10.1. The highest BCUT2D eigenvalue weighted by Gasteiger charge is 2.21. The Morgan fingerprint density at radius 3 is 1.89 bits per heavy atom. The molecule has 0 unspecified atom stereocenters. The van der Waals surface area contributed by atoms with Gasteiger partial charge in [0.15, 0.2) is 0 Å². The molecule has 246 valence electrons. The molecule has 4 aromatic heterocycles. The van der Waals surface area contributed by atoms with Gasteiger partial charge in [0.25, 0.3) is 0 Å². The molecular weight excluding hydrogens is 649 g/mol. The molecule has 0 aliphatic carbocycles. The quantitative estimate of drug-likeness (QED) is 0.186. The van der Waals surface area contributed by atoms with Crippen molar-refractivity contribution >= 4 is 65.6 Å². The molecule has 0 spiro atoms. The van der Waals surface area contributed by atoms with Crippen LogP contribution in [0.3, 0.4) is 0 Å². The Kier molecular flexibility index (Phi) is 6.25. The lowest BCUT2D eigenvalue weighted by atomic mass is 9.97. The average Bonchev–Trinajstić information content (AvgIpc) is 3.88. The molecule has 0 saturated carbocycles. The second kappa shape index (κ2) is 11.3. The zero-order valence-electron chi connectivity index (χ0n) is 28.4. The van der Waals surface area contributed by atoms with Gasteiger partial charge >= 0.3 is 0 Å². The number of nitriles is 1. The van der Waals surface area contributed by atoms with Crippen LogP contribution in [0, 0.1) is 11.3 Å². The Morgan fingerprint density at radius 1 is 0.472 bits per heavy atom. The summed E-state index contributed by atoms with van der Waals surface area (Å²) in [7, 11) is 0. The summed E-state index contributed by atoms with van der Waals surface area (Å²) in [4.78, 5) is 5.07. The van der Waals surface area contributed by atoms with E-state index in [0.29, 0.717) is 11.1 Å². The number of aromatic nitrogens is 3. The van der Waals surface area contributed by atoms with Crippen molar-refractivity contribution < 1.29 is 4.42 Å². The van der Waals surface area contributed by atoms with Gasteiger partial charge in [-0.3, -0.25) is 4.98 Å². The number of benzene rings is 7. The van der Waals surface area contributed by atoms with Crippen LogP contribution in [0.2, 0.25) is 0 Å². The van der Waals surface area contributed by atoms with Crippen molar-refractivity contribution in [2.45, 2.75) is 0 Å². The Hall–Kier alpha value is -7.42. The molecule has 0 fully saturated rings. The number of nitrogens with zero attached hydrogens (tertiary/aromatic N) is 4. The standard InChI is InChI=1S/C48H28N4O/c49-28-31-22-24-37-36-18-11-19-38(47(36)53-48(37)46(31)30-12-3-1-4-13-30)41-27-45-40(29-50-41)35-17-8-10-21-43(35)52(45)33-23-25-44-39(26-33)34-16-7-9-20-42(34)51(44)32-14-5-2-6-15-32/h1-27,29H. The van der Waals surface area contributed by atoms with Gasteiger partial charge in [0.05, 0.1) is 39.4 Å². The lowest BCUT2D eigenvalue weighted by molar-refractivity contribution is 0.670. The van der Waals surface area contributed by atoms with Crippen molar-refractivity contribution in [2.75, 3.05) is 0 Å². The highest BCUT2D eigenvalue weighted by molar-refractivity contribution is 6.15. The minimum atomic E-state index is 0.581. The van der Waals surface area contributed by atoms with E-state index in [2.05, 4.69) is 137 Å². The topological polar surface area (TPSA) is 59.7 Å². The fourth-order valence-corrected chi connectivity index (χ4v) is 8.29. The second-order valence-corrected chi connectivity index (χ2v) is 13.5. The van der Waals surface area contributed by atoms with Gasteiger partial charge < -0.3 is 13.6 Å². The zero-order chi connectivity index (χ0) is 35.0. The molecule has 11 aromatic rings. The number of pyridine rings is 1. The molecule has 7 aromatic carbocycles. The van der Waals surface area contributed by atoms with Crippen LogP contribution >= 0.6 is 0 Å². The molecule has 4 heterocycles. The van der Waals surface area contributed by atoms with Crippen LogP contribution in [-0.4, -0.2) is 14.1 Å². The molecule has 53 heavy (non-hydrogen) atoms. The Bertz CT molecular complexity index is 3290. The predicted octanol–water partition coefficient (Wildman–Crippen LogP) is 12.4. The van der Waals surface area contributed by atoms with Crippen LogP contribution in [0.25, 0.3) is 99.3 Å². The maximum absolute atomic E-state index is 10.1. The highest BCUT2D eigenvalue weighted by Crippen LogP contribution is 2.42. The monoisotopic (exact) mass is 676 g/mol. The Labute approximate surface area is 303 Å². The van der Waals surface area contributed by atoms with Crippen molar-refractivity contribution in [3.05, 3.63) is 176 Å². The largest absolute Gasteiger partial charge is 0.455 e. The summed E-state index contributed by atoms with van der Waals surface area (Å²) in [6.07, 6.45) is 1.99. The van der Waals surface area contributed by atoms with Crippen molar-refractivity contribution in [3.8, 4) is 39.8 Å². The van der Waals surface area contributed by atoms with E-state index in [0.717, 1.165) is 77.4 Å². The smallest absolute Gasteiger partial charge is 0.144 e. The number of hydrogen-bond donors (Lipinski definition) is 0. The summed E-state index contributed by atoms with van der Waals surface area (Å²) in [5, 5.41) is 16.7. The molecular formula is C48H28N4O. The van der Waals surface area contributed by atoms with Crippen molar-refractivity contribution in [2.24, 2.45) is 0 Å².